The molecule has 0 aliphatic carbocycles. The third-order valence-electron chi connectivity index (χ3n) is 3.68. The zero-order valence-corrected chi connectivity index (χ0v) is 12.3. The molecule has 1 heterocycles. The van der Waals surface area contributed by atoms with E-state index >= 15 is 0 Å². The van der Waals surface area contributed by atoms with E-state index in [4.69, 9.17) is 5.73 Å². The average Bonchev–Trinajstić information content (AvgIpc) is 2.41. The molecule has 2 rings (SSSR count). The number of benzene rings is 1. The molecule has 1 saturated heterocycles. The number of nitrogens with zero attached hydrogens (tertiary/aromatic N) is 1. The second kappa shape index (κ2) is 7.57. The van der Waals surface area contributed by atoms with Crippen molar-refractivity contribution in [3.8, 4) is 0 Å². The number of rotatable bonds is 4. The van der Waals surface area contributed by atoms with Gasteiger partial charge in [-0.3, -0.25) is 9.69 Å². The maximum Gasteiger partial charge on any atom is 0.239 e. The zero-order valence-electron chi connectivity index (χ0n) is 11.5. The standard InChI is InChI=1S/C14H20FN3O.ClH/c1-17-12-3-2-8-18(9-12)13(14(16)19)10-4-6-11(15)7-5-10;/h4-7,12-13,17H,2-3,8-9H2,1H3,(H2,16,19);1H. The summed E-state index contributed by atoms with van der Waals surface area (Å²) in [5.74, 6) is -0.693. The summed E-state index contributed by atoms with van der Waals surface area (Å²) in [7, 11) is 1.92. The molecule has 0 radical (unpaired) electrons. The van der Waals surface area contributed by atoms with Crippen molar-refractivity contribution >= 4 is 18.3 Å². The van der Waals surface area contributed by atoms with E-state index in [1.807, 2.05) is 7.05 Å². The Hall–Kier alpha value is -1.17. The van der Waals surface area contributed by atoms with E-state index in [-0.39, 0.29) is 24.1 Å². The molecule has 1 amide bonds. The van der Waals surface area contributed by atoms with Crippen molar-refractivity contribution in [2.75, 3.05) is 20.1 Å². The number of nitrogens with one attached hydrogen (secondary N) is 1. The molecular weight excluding hydrogens is 281 g/mol. The fraction of sp³-hybridized carbons (Fsp3) is 0.500. The number of hydrogen-bond donors (Lipinski definition) is 2. The normalized spacial score (nSPS) is 21.0. The summed E-state index contributed by atoms with van der Waals surface area (Å²) in [4.78, 5) is 13.8. The topological polar surface area (TPSA) is 58.4 Å². The molecule has 1 aromatic carbocycles. The summed E-state index contributed by atoms with van der Waals surface area (Å²) in [6, 6.07) is 5.89. The van der Waals surface area contributed by atoms with Gasteiger partial charge in [0.15, 0.2) is 0 Å². The van der Waals surface area contributed by atoms with E-state index < -0.39 is 6.04 Å². The van der Waals surface area contributed by atoms with Gasteiger partial charge < -0.3 is 11.1 Å². The largest absolute Gasteiger partial charge is 0.368 e. The number of primary amides is 1. The first-order valence-electron chi connectivity index (χ1n) is 6.58. The van der Waals surface area contributed by atoms with Crippen molar-refractivity contribution in [3.63, 3.8) is 0 Å². The van der Waals surface area contributed by atoms with Crippen LogP contribution in [0, 0.1) is 5.82 Å². The van der Waals surface area contributed by atoms with Gasteiger partial charge in [0.25, 0.3) is 0 Å². The molecule has 2 atom stereocenters. The monoisotopic (exact) mass is 301 g/mol. The van der Waals surface area contributed by atoms with Crippen molar-refractivity contribution in [2.24, 2.45) is 5.73 Å². The Balaban J connectivity index is 0.00000200. The van der Waals surface area contributed by atoms with E-state index in [0.717, 1.165) is 31.5 Å². The van der Waals surface area contributed by atoms with Gasteiger partial charge in [0, 0.05) is 12.6 Å². The highest BCUT2D eigenvalue weighted by atomic mass is 35.5. The van der Waals surface area contributed by atoms with Crippen molar-refractivity contribution in [1.29, 1.82) is 0 Å². The zero-order chi connectivity index (χ0) is 13.8. The first-order chi connectivity index (χ1) is 9.11. The van der Waals surface area contributed by atoms with Crippen LogP contribution in [0.4, 0.5) is 4.39 Å². The molecule has 2 unspecified atom stereocenters. The van der Waals surface area contributed by atoms with Crippen molar-refractivity contribution in [2.45, 2.75) is 24.9 Å². The third kappa shape index (κ3) is 3.91. The van der Waals surface area contributed by atoms with Crippen LogP contribution in [0.2, 0.25) is 0 Å². The minimum absolute atomic E-state index is 0. The predicted octanol–water partition coefficient (Wildman–Crippen LogP) is 1.46. The maximum atomic E-state index is 13.0. The predicted molar refractivity (Wildman–Crippen MR) is 79.2 cm³/mol. The van der Waals surface area contributed by atoms with Gasteiger partial charge in [-0.25, -0.2) is 4.39 Å². The Bertz CT molecular complexity index is 441. The van der Waals surface area contributed by atoms with Gasteiger partial charge in [-0.1, -0.05) is 12.1 Å². The van der Waals surface area contributed by atoms with Gasteiger partial charge in [-0.2, -0.15) is 0 Å². The number of carbonyl (C=O) groups is 1. The first-order valence-corrected chi connectivity index (χ1v) is 6.58. The van der Waals surface area contributed by atoms with Crippen LogP contribution in [0.5, 0.6) is 0 Å². The van der Waals surface area contributed by atoms with Crippen molar-refractivity contribution in [1.82, 2.24) is 10.2 Å². The number of nitrogens with two attached hydrogens (primary N) is 1. The quantitative estimate of drug-likeness (QED) is 0.885. The molecule has 1 fully saturated rings. The molecular formula is C14H21ClFN3O. The summed E-state index contributed by atoms with van der Waals surface area (Å²) >= 11 is 0. The number of carbonyl (C=O) groups excluding carboxylic acids is 1. The van der Waals surface area contributed by atoms with E-state index in [0.29, 0.717) is 6.04 Å². The van der Waals surface area contributed by atoms with Crippen molar-refractivity contribution in [3.05, 3.63) is 35.6 Å². The Morgan fingerprint density at radius 1 is 1.45 bits per heavy atom. The molecule has 112 valence electrons. The first kappa shape index (κ1) is 16.9. The van der Waals surface area contributed by atoms with Gasteiger partial charge in [0.2, 0.25) is 5.91 Å². The molecule has 4 nitrogen and oxygen atoms in total. The minimum atomic E-state index is -0.475. The van der Waals surface area contributed by atoms with Crippen LogP contribution in [-0.2, 0) is 4.79 Å². The molecule has 0 saturated carbocycles. The van der Waals surface area contributed by atoms with Crippen LogP contribution in [0.25, 0.3) is 0 Å². The Morgan fingerprint density at radius 3 is 2.65 bits per heavy atom. The number of hydrogen-bond acceptors (Lipinski definition) is 3. The lowest BCUT2D eigenvalue weighted by Gasteiger charge is -2.37. The fourth-order valence-corrected chi connectivity index (χ4v) is 2.68. The summed E-state index contributed by atoms with van der Waals surface area (Å²) < 4.78 is 13.0. The van der Waals surface area contributed by atoms with Gasteiger partial charge in [0.05, 0.1) is 0 Å². The van der Waals surface area contributed by atoms with Gasteiger partial charge in [0.1, 0.15) is 11.9 Å². The Morgan fingerprint density at radius 2 is 2.10 bits per heavy atom. The van der Waals surface area contributed by atoms with Crippen LogP contribution in [0.3, 0.4) is 0 Å². The summed E-state index contributed by atoms with van der Waals surface area (Å²) in [6.45, 7) is 1.62. The minimum Gasteiger partial charge on any atom is -0.368 e. The second-order valence-electron chi connectivity index (χ2n) is 4.98. The SMILES string of the molecule is CNC1CCCN(C(C(N)=O)c2ccc(F)cc2)C1.Cl. The van der Waals surface area contributed by atoms with Gasteiger partial charge in [-0.05, 0) is 44.1 Å². The van der Waals surface area contributed by atoms with E-state index in [9.17, 15) is 9.18 Å². The number of piperidine rings is 1. The number of likely N-dealkylation sites (N-methyl/N-ethyl adjacent to an activating group) is 1. The summed E-state index contributed by atoms with van der Waals surface area (Å²) in [5.41, 5.74) is 6.28. The van der Waals surface area contributed by atoms with E-state index in [1.165, 1.54) is 12.1 Å². The molecule has 3 N–H and O–H groups in total. The molecule has 1 aliphatic heterocycles. The Labute approximate surface area is 124 Å². The lowest BCUT2D eigenvalue weighted by atomic mass is 9.99. The lowest BCUT2D eigenvalue weighted by molar-refractivity contribution is -0.124. The van der Waals surface area contributed by atoms with E-state index in [2.05, 4.69) is 10.2 Å². The average molecular weight is 302 g/mol. The van der Waals surface area contributed by atoms with Gasteiger partial charge >= 0.3 is 0 Å². The number of halogens is 2. The van der Waals surface area contributed by atoms with Crippen LogP contribution in [0.15, 0.2) is 24.3 Å². The highest BCUT2D eigenvalue weighted by Crippen LogP contribution is 2.24. The van der Waals surface area contributed by atoms with Gasteiger partial charge in [-0.15, -0.1) is 12.4 Å². The number of amides is 1. The molecule has 6 heteroatoms. The molecule has 1 aromatic rings. The number of likely N-dealkylation sites (tertiary alicyclic amines) is 1. The van der Waals surface area contributed by atoms with Crippen molar-refractivity contribution < 1.29 is 9.18 Å². The lowest BCUT2D eigenvalue weighted by Crippen LogP contribution is -2.48. The molecule has 0 spiro atoms. The third-order valence-corrected chi connectivity index (χ3v) is 3.68. The maximum absolute atomic E-state index is 13.0. The van der Waals surface area contributed by atoms with Crippen LogP contribution in [-0.4, -0.2) is 37.0 Å². The fourth-order valence-electron chi connectivity index (χ4n) is 2.68. The molecule has 0 aromatic heterocycles. The second-order valence-corrected chi connectivity index (χ2v) is 4.98. The smallest absolute Gasteiger partial charge is 0.239 e. The van der Waals surface area contributed by atoms with Crippen LogP contribution in [0.1, 0.15) is 24.4 Å². The highest BCUT2D eigenvalue weighted by molar-refractivity contribution is 5.85. The van der Waals surface area contributed by atoms with Crippen LogP contribution >= 0.6 is 12.4 Å². The summed E-state index contributed by atoms with van der Waals surface area (Å²) in [5, 5.41) is 3.23. The molecule has 20 heavy (non-hydrogen) atoms. The van der Waals surface area contributed by atoms with E-state index in [1.54, 1.807) is 12.1 Å². The van der Waals surface area contributed by atoms with Crippen LogP contribution < -0.4 is 11.1 Å². The summed E-state index contributed by atoms with van der Waals surface area (Å²) in [6.07, 6.45) is 2.12. The molecule has 0 bridgehead atoms. The molecule has 1 aliphatic rings. The highest BCUT2D eigenvalue weighted by Gasteiger charge is 2.29. The Kier molecular flexibility index (Phi) is 6.39.